The van der Waals surface area contributed by atoms with Crippen LogP contribution in [-0.4, -0.2) is 44.1 Å². The Labute approximate surface area is 153 Å². The highest BCUT2D eigenvalue weighted by Gasteiger charge is 2.21. The lowest BCUT2D eigenvalue weighted by molar-refractivity contribution is -0.121. The molecule has 1 saturated carbocycles. The van der Waals surface area contributed by atoms with Crippen molar-refractivity contribution in [3.8, 4) is 0 Å². The molecule has 2 aromatic rings. The lowest BCUT2D eigenvalue weighted by atomic mass is 10.00. The Kier molecular flexibility index (Phi) is 5.24. The second-order valence-electron chi connectivity index (χ2n) is 7.40. The van der Waals surface area contributed by atoms with Gasteiger partial charge >= 0.3 is 0 Å². The molecule has 1 aromatic carbocycles. The van der Waals surface area contributed by atoms with Crippen LogP contribution in [0.2, 0.25) is 0 Å². The van der Waals surface area contributed by atoms with Crippen molar-refractivity contribution in [3.63, 3.8) is 0 Å². The summed E-state index contributed by atoms with van der Waals surface area (Å²) in [6, 6.07) is 8.62. The third kappa shape index (κ3) is 4.46. The van der Waals surface area contributed by atoms with Crippen molar-refractivity contribution in [2.45, 2.75) is 51.7 Å². The van der Waals surface area contributed by atoms with Crippen molar-refractivity contribution in [1.82, 2.24) is 30.4 Å². The smallest absolute Gasteiger partial charge is 0.220 e. The first kappa shape index (κ1) is 17.1. The highest BCUT2D eigenvalue weighted by molar-refractivity contribution is 5.75. The molecule has 1 aliphatic carbocycles. The largest absolute Gasteiger partial charge is 0.356 e. The molecule has 0 spiro atoms. The number of nitrogens with zero attached hydrogens (tertiary/aromatic N) is 5. The molecule has 0 unspecified atom stereocenters. The first-order valence-electron chi connectivity index (χ1n) is 9.59. The number of aromatic nitrogens is 4. The average Bonchev–Trinajstić information content (AvgIpc) is 3.40. The normalized spacial score (nSPS) is 17.1. The maximum absolute atomic E-state index is 11.8. The lowest BCUT2D eigenvalue weighted by Gasteiger charge is -2.28. The van der Waals surface area contributed by atoms with Crippen LogP contribution >= 0.6 is 0 Å². The van der Waals surface area contributed by atoms with E-state index in [0.717, 1.165) is 50.8 Å². The van der Waals surface area contributed by atoms with Gasteiger partial charge in [0.1, 0.15) is 0 Å². The predicted octanol–water partition coefficient (Wildman–Crippen LogP) is 1.54. The van der Waals surface area contributed by atoms with E-state index in [1.54, 1.807) is 0 Å². The summed E-state index contributed by atoms with van der Waals surface area (Å²) in [5.41, 5.74) is 2.84. The number of nitrogens with one attached hydrogen (secondary N) is 1. The Hall–Kier alpha value is -2.28. The first-order valence-corrected chi connectivity index (χ1v) is 9.59. The van der Waals surface area contributed by atoms with Gasteiger partial charge in [-0.05, 0) is 53.2 Å². The number of hydrogen-bond donors (Lipinski definition) is 1. The molecule has 2 heterocycles. The fourth-order valence-corrected chi connectivity index (χ4v) is 3.46. The standard InChI is InChI=1S/C19H26N6O/c26-19(20-12-15-7-8-15)6-3-10-25-18(21-22-23-25)14-24-11-9-16-4-1-2-5-17(16)13-24/h1-2,4-5,15H,3,6-14H2,(H,20,26). The molecule has 2 aliphatic rings. The third-order valence-corrected chi connectivity index (χ3v) is 5.24. The SMILES string of the molecule is O=C(CCCn1nnnc1CN1CCc2ccccc2C1)NCC1CC1. The van der Waals surface area contributed by atoms with Crippen LogP contribution in [0.4, 0.5) is 0 Å². The Morgan fingerprint density at radius 2 is 2.08 bits per heavy atom. The Morgan fingerprint density at radius 1 is 1.23 bits per heavy atom. The van der Waals surface area contributed by atoms with Crippen LogP contribution in [0.3, 0.4) is 0 Å². The molecule has 1 fully saturated rings. The van der Waals surface area contributed by atoms with Gasteiger partial charge < -0.3 is 5.32 Å². The van der Waals surface area contributed by atoms with E-state index in [-0.39, 0.29) is 5.91 Å². The van der Waals surface area contributed by atoms with Crippen LogP contribution in [0.1, 0.15) is 42.6 Å². The minimum atomic E-state index is 0.138. The van der Waals surface area contributed by atoms with Crippen LogP contribution < -0.4 is 5.32 Å². The summed E-state index contributed by atoms with van der Waals surface area (Å²) in [7, 11) is 0. The van der Waals surface area contributed by atoms with Crippen molar-refractivity contribution >= 4 is 5.91 Å². The van der Waals surface area contributed by atoms with Gasteiger partial charge in [-0.1, -0.05) is 24.3 Å². The van der Waals surface area contributed by atoms with Crippen molar-refractivity contribution in [1.29, 1.82) is 0 Å². The summed E-state index contributed by atoms with van der Waals surface area (Å²) >= 11 is 0. The van der Waals surface area contributed by atoms with E-state index in [9.17, 15) is 4.79 Å². The molecule has 0 saturated heterocycles. The van der Waals surface area contributed by atoms with Crippen LogP contribution in [0.5, 0.6) is 0 Å². The zero-order valence-corrected chi connectivity index (χ0v) is 15.1. The third-order valence-electron chi connectivity index (χ3n) is 5.24. The van der Waals surface area contributed by atoms with Gasteiger partial charge in [-0.15, -0.1) is 5.10 Å². The summed E-state index contributed by atoms with van der Waals surface area (Å²) in [4.78, 5) is 14.2. The van der Waals surface area contributed by atoms with Crippen LogP contribution in [-0.2, 0) is 30.8 Å². The summed E-state index contributed by atoms with van der Waals surface area (Å²) < 4.78 is 1.84. The Bertz CT molecular complexity index is 754. The van der Waals surface area contributed by atoms with E-state index in [2.05, 4.69) is 50.0 Å². The molecule has 1 aliphatic heterocycles. The predicted molar refractivity (Wildman–Crippen MR) is 97.0 cm³/mol. The number of carbonyl (C=O) groups is 1. The van der Waals surface area contributed by atoms with Crippen molar-refractivity contribution in [2.24, 2.45) is 5.92 Å². The zero-order chi connectivity index (χ0) is 17.8. The monoisotopic (exact) mass is 354 g/mol. The van der Waals surface area contributed by atoms with Crippen molar-refractivity contribution < 1.29 is 4.79 Å². The van der Waals surface area contributed by atoms with Gasteiger partial charge in [0.05, 0.1) is 6.54 Å². The molecule has 1 amide bonds. The molecule has 26 heavy (non-hydrogen) atoms. The maximum atomic E-state index is 11.8. The summed E-state index contributed by atoms with van der Waals surface area (Å²) in [6.07, 6.45) is 4.88. The van der Waals surface area contributed by atoms with Gasteiger partial charge in [0, 0.05) is 32.6 Å². The molecule has 7 heteroatoms. The second-order valence-corrected chi connectivity index (χ2v) is 7.40. The summed E-state index contributed by atoms with van der Waals surface area (Å²) in [5, 5.41) is 15.1. The van der Waals surface area contributed by atoms with Gasteiger partial charge in [0.25, 0.3) is 0 Å². The number of benzene rings is 1. The lowest BCUT2D eigenvalue weighted by Crippen LogP contribution is -2.31. The van der Waals surface area contributed by atoms with E-state index in [1.165, 1.54) is 24.0 Å². The number of hydrogen-bond acceptors (Lipinski definition) is 5. The minimum Gasteiger partial charge on any atom is -0.356 e. The fraction of sp³-hybridized carbons (Fsp3) is 0.579. The van der Waals surface area contributed by atoms with E-state index in [0.29, 0.717) is 13.0 Å². The molecule has 0 atom stereocenters. The Morgan fingerprint density at radius 3 is 2.92 bits per heavy atom. The van der Waals surface area contributed by atoms with Crippen LogP contribution in [0.15, 0.2) is 24.3 Å². The fourth-order valence-electron chi connectivity index (χ4n) is 3.46. The van der Waals surface area contributed by atoms with Gasteiger partial charge in [0.2, 0.25) is 5.91 Å². The molecule has 138 valence electrons. The first-order chi connectivity index (χ1) is 12.8. The summed E-state index contributed by atoms with van der Waals surface area (Å²) in [6.45, 7) is 4.23. The number of rotatable bonds is 8. The van der Waals surface area contributed by atoms with E-state index in [4.69, 9.17) is 0 Å². The highest BCUT2D eigenvalue weighted by atomic mass is 16.1. The molecule has 7 nitrogen and oxygen atoms in total. The topological polar surface area (TPSA) is 75.9 Å². The van der Waals surface area contributed by atoms with Crippen LogP contribution in [0, 0.1) is 5.92 Å². The molecular weight excluding hydrogens is 328 g/mol. The number of amides is 1. The number of fused-ring (bicyclic) bond motifs is 1. The molecule has 0 radical (unpaired) electrons. The molecule has 1 aromatic heterocycles. The molecule has 1 N–H and O–H groups in total. The van der Waals surface area contributed by atoms with E-state index < -0.39 is 0 Å². The highest BCUT2D eigenvalue weighted by Crippen LogP contribution is 2.27. The number of aryl methyl sites for hydroxylation is 1. The minimum absolute atomic E-state index is 0.138. The maximum Gasteiger partial charge on any atom is 0.220 e. The van der Waals surface area contributed by atoms with Crippen molar-refractivity contribution in [2.75, 3.05) is 13.1 Å². The van der Waals surface area contributed by atoms with Gasteiger partial charge in [-0.3, -0.25) is 9.69 Å². The van der Waals surface area contributed by atoms with Gasteiger partial charge in [-0.2, -0.15) is 0 Å². The molecule has 0 bridgehead atoms. The Balaban J connectivity index is 1.25. The quantitative estimate of drug-likeness (QED) is 0.778. The van der Waals surface area contributed by atoms with Crippen LogP contribution in [0.25, 0.3) is 0 Å². The number of carbonyl (C=O) groups excluding carboxylic acids is 1. The second kappa shape index (κ2) is 7.95. The van der Waals surface area contributed by atoms with E-state index >= 15 is 0 Å². The van der Waals surface area contributed by atoms with Crippen molar-refractivity contribution in [3.05, 3.63) is 41.2 Å². The zero-order valence-electron chi connectivity index (χ0n) is 15.1. The van der Waals surface area contributed by atoms with Gasteiger partial charge in [-0.25, -0.2) is 4.68 Å². The van der Waals surface area contributed by atoms with E-state index in [1.807, 2.05) is 4.68 Å². The average molecular weight is 354 g/mol. The molecular formula is C19H26N6O. The molecule has 4 rings (SSSR count). The summed E-state index contributed by atoms with van der Waals surface area (Å²) in [5.74, 6) is 1.74. The van der Waals surface area contributed by atoms with Gasteiger partial charge in [0.15, 0.2) is 5.82 Å². The number of tetrazole rings is 1.